The zero-order valence-electron chi connectivity index (χ0n) is 22.9. The van der Waals surface area contributed by atoms with Gasteiger partial charge in [0.2, 0.25) is 23.6 Å². The van der Waals surface area contributed by atoms with E-state index >= 15 is 0 Å². The van der Waals surface area contributed by atoms with E-state index in [1.165, 1.54) is 16.9 Å². The minimum Gasteiger partial charge on any atom is -0.503 e. The molecule has 2 aliphatic heterocycles. The number of carbonyl (C=O) groups is 4. The minimum atomic E-state index is -0.718. The Hall–Kier alpha value is -2.87. The number of allylic oxidation sites excluding steroid dienone is 2. The van der Waals surface area contributed by atoms with Gasteiger partial charge in [-0.15, -0.1) is 0 Å². The molecule has 1 N–H and O–H groups in total. The molecule has 6 atom stereocenters. The van der Waals surface area contributed by atoms with Crippen molar-refractivity contribution in [3.05, 3.63) is 34.4 Å². The molecule has 1 saturated carbocycles. The van der Waals surface area contributed by atoms with Gasteiger partial charge in [-0.05, 0) is 78.0 Å². The van der Waals surface area contributed by atoms with Crippen molar-refractivity contribution in [3.63, 3.8) is 0 Å². The number of carbonyl (C=O) groups excluding carboxylic acids is 4. The molecule has 1 aromatic carbocycles. The molecule has 1 aromatic rings. The molecule has 8 nitrogen and oxygen atoms in total. The molecule has 0 bridgehead atoms. The standard InChI is InChI=1S/C29H35ClN2O6/c1-28(2,3)31-24(34)15-9-8-14-16(21(15)26(31)36)12-17-22(27(37)32(25(17)35)29(4,5)6)20(14)13-10-18(30)23(33)19(11-13)38-7/h8,10-11,15-17,20-22,33H,9,12H2,1-7H3/t15-,16+,17+,20-,21-,22+/m0/s1. The van der Waals surface area contributed by atoms with Crippen LogP contribution in [-0.4, -0.2) is 56.7 Å². The molecule has 0 spiro atoms. The number of phenolic OH excluding ortho intramolecular Hbond substituents is 1. The summed E-state index contributed by atoms with van der Waals surface area (Å²) in [4.78, 5) is 57.6. The molecular formula is C29H35ClN2O6. The molecule has 0 aromatic heterocycles. The number of aromatic hydroxyl groups is 1. The van der Waals surface area contributed by atoms with Crippen LogP contribution in [0.4, 0.5) is 0 Å². The van der Waals surface area contributed by atoms with Gasteiger partial charge >= 0.3 is 0 Å². The third-order valence-corrected chi connectivity index (χ3v) is 8.91. The number of likely N-dealkylation sites (tertiary alicyclic amines) is 2. The lowest BCUT2D eigenvalue weighted by Gasteiger charge is -2.44. The van der Waals surface area contributed by atoms with Crippen LogP contribution in [0.3, 0.4) is 0 Å². The third kappa shape index (κ3) is 3.70. The van der Waals surface area contributed by atoms with Crippen LogP contribution in [-0.2, 0) is 19.2 Å². The van der Waals surface area contributed by atoms with E-state index < -0.39 is 40.7 Å². The van der Waals surface area contributed by atoms with E-state index in [0.717, 1.165) is 5.57 Å². The topological polar surface area (TPSA) is 104 Å². The number of amides is 4. The van der Waals surface area contributed by atoms with Crippen LogP contribution in [0.2, 0.25) is 5.02 Å². The van der Waals surface area contributed by atoms with Gasteiger partial charge in [0, 0.05) is 17.0 Å². The Morgan fingerprint density at radius 2 is 1.39 bits per heavy atom. The van der Waals surface area contributed by atoms with Crippen molar-refractivity contribution in [2.45, 2.75) is 71.4 Å². The molecule has 4 aliphatic rings. The smallest absolute Gasteiger partial charge is 0.234 e. The molecule has 38 heavy (non-hydrogen) atoms. The largest absolute Gasteiger partial charge is 0.503 e. The number of halogens is 1. The first-order chi connectivity index (χ1) is 17.6. The molecule has 0 radical (unpaired) electrons. The zero-order valence-corrected chi connectivity index (χ0v) is 23.6. The monoisotopic (exact) mass is 542 g/mol. The first-order valence-corrected chi connectivity index (χ1v) is 13.5. The van der Waals surface area contributed by atoms with Crippen LogP contribution in [0, 0.1) is 29.6 Å². The van der Waals surface area contributed by atoms with Crippen LogP contribution < -0.4 is 4.74 Å². The predicted octanol–water partition coefficient (Wildman–Crippen LogP) is 4.29. The summed E-state index contributed by atoms with van der Waals surface area (Å²) in [5, 5.41) is 10.5. The van der Waals surface area contributed by atoms with Gasteiger partial charge in [0.25, 0.3) is 0 Å². The van der Waals surface area contributed by atoms with Gasteiger partial charge in [-0.3, -0.25) is 29.0 Å². The van der Waals surface area contributed by atoms with E-state index in [1.807, 2.05) is 47.6 Å². The van der Waals surface area contributed by atoms with Gasteiger partial charge in [-0.25, -0.2) is 0 Å². The first-order valence-electron chi connectivity index (χ1n) is 13.1. The summed E-state index contributed by atoms with van der Waals surface area (Å²) in [6, 6.07) is 3.26. The van der Waals surface area contributed by atoms with Crippen molar-refractivity contribution in [1.29, 1.82) is 0 Å². The summed E-state index contributed by atoms with van der Waals surface area (Å²) >= 11 is 6.38. The molecule has 9 heteroatoms. The maximum atomic E-state index is 13.9. The first kappa shape index (κ1) is 26.7. The van der Waals surface area contributed by atoms with Crippen molar-refractivity contribution in [3.8, 4) is 11.5 Å². The Labute approximate surface area is 227 Å². The van der Waals surface area contributed by atoms with Crippen LogP contribution in [0.1, 0.15) is 65.9 Å². The number of rotatable bonds is 2. The van der Waals surface area contributed by atoms with E-state index in [2.05, 4.69) is 0 Å². The van der Waals surface area contributed by atoms with Crippen LogP contribution >= 0.6 is 11.6 Å². The normalized spacial score (nSPS) is 31.3. The second-order valence-electron chi connectivity index (χ2n) is 12.9. The fourth-order valence-electron chi connectivity index (χ4n) is 7.21. The average molecular weight is 543 g/mol. The van der Waals surface area contributed by atoms with E-state index in [1.54, 1.807) is 12.1 Å². The summed E-state index contributed by atoms with van der Waals surface area (Å²) in [5.74, 6) is -4.28. The quantitative estimate of drug-likeness (QED) is 0.442. The van der Waals surface area contributed by atoms with Crippen molar-refractivity contribution in [2.24, 2.45) is 29.6 Å². The third-order valence-electron chi connectivity index (χ3n) is 8.62. The molecule has 0 unspecified atom stereocenters. The average Bonchev–Trinajstić information content (AvgIpc) is 3.23. The highest BCUT2D eigenvalue weighted by molar-refractivity contribution is 6.32. The van der Waals surface area contributed by atoms with Crippen LogP contribution in [0.25, 0.3) is 0 Å². The maximum absolute atomic E-state index is 13.9. The second-order valence-corrected chi connectivity index (χ2v) is 13.4. The highest BCUT2D eigenvalue weighted by atomic mass is 35.5. The molecule has 3 fully saturated rings. The molecule has 4 amide bonds. The number of hydrogen-bond acceptors (Lipinski definition) is 6. The minimum absolute atomic E-state index is 0.0720. The Morgan fingerprint density at radius 3 is 1.95 bits per heavy atom. The Balaban J connectivity index is 1.69. The summed E-state index contributed by atoms with van der Waals surface area (Å²) in [6.07, 6.45) is 2.70. The van der Waals surface area contributed by atoms with Gasteiger partial charge in [0.05, 0.1) is 35.8 Å². The van der Waals surface area contributed by atoms with E-state index in [4.69, 9.17) is 16.3 Å². The molecule has 2 aliphatic carbocycles. The highest BCUT2D eigenvalue weighted by Crippen LogP contribution is 2.59. The summed E-state index contributed by atoms with van der Waals surface area (Å²) in [7, 11) is 1.42. The van der Waals surface area contributed by atoms with Crippen molar-refractivity contribution in [1.82, 2.24) is 9.80 Å². The van der Waals surface area contributed by atoms with E-state index in [-0.39, 0.29) is 46.1 Å². The number of hydrogen-bond donors (Lipinski definition) is 1. The van der Waals surface area contributed by atoms with Crippen molar-refractivity contribution in [2.75, 3.05) is 7.11 Å². The van der Waals surface area contributed by atoms with Crippen LogP contribution in [0.15, 0.2) is 23.8 Å². The predicted molar refractivity (Wildman–Crippen MR) is 140 cm³/mol. The van der Waals surface area contributed by atoms with Gasteiger partial charge in [0.1, 0.15) is 0 Å². The van der Waals surface area contributed by atoms with Gasteiger partial charge in [-0.2, -0.15) is 0 Å². The Morgan fingerprint density at radius 1 is 0.842 bits per heavy atom. The SMILES string of the molecule is COc1cc([C@H]2C3=CC[C@@H]4C(=O)N(C(C)(C)C)C(=O)[C@@H]4[C@@H]3C[C@H]3C(=O)N(C(C)(C)C)C(=O)[C@@H]23)cc(Cl)c1O. The van der Waals surface area contributed by atoms with Crippen molar-refractivity contribution >= 4 is 35.2 Å². The zero-order chi connectivity index (χ0) is 28.1. The molecule has 5 rings (SSSR count). The van der Waals surface area contributed by atoms with Gasteiger partial charge in [0.15, 0.2) is 11.5 Å². The van der Waals surface area contributed by atoms with E-state index in [0.29, 0.717) is 18.4 Å². The number of fused-ring (bicyclic) bond motifs is 4. The summed E-state index contributed by atoms with van der Waals surface area (Å²) in [6.45, 7) is 11.0. The molecular weight excluding hydrogens is 508 g/mol. The molecule has 2 heterocycles. The number of imide groups is 2. The van der Waals surface area contributed by atoms with E-state index in [9.17, 15) is 24.3 Å². The fraction of sp³-hybridized carbons (Fsp3) is 0.586. The lowest BCUT2D eigenvalue weighted by Crippen LogP contribution is -2.47. The summed E-state index contributed by atoms with van der Waals surface area (Å²) < 4.78 is 5.36. The number of nitrogens with zero attached hydrogens (tertiary/aromatic N) is 2. The van der Waals surface area contributed by atoms with Crippen molar-refractivity contribution < 1.29 is 29.0 Å². The highest BCUT2D eigenvalue weighted by Gasteiger charge is 2.63. The Kier molecular flexibility index (Phi) is 6.02. The summed E-state index contributed by atoms with van der Waals surface area (Å²) in [5.41, 5.74) is 0.132. The molecule has 2 saturated heterocycles. The van der Waals surface area contributed by atoms with Gasteiger partial charge in [-0.1, -0.05) is 23.3 Å². The number of phenols is 1. The number of benzene rings is 1. The Bertz CT molecular complexity index is 1290. The lowest BCUT2D eigenvalue weighted by atomic mass is 9.57. The number of methoxy groups -OCH3 is 1. The number of ether oxygens (including phenoxy) is 1. The van der Waals surface area contributed by atoms with Crippen LogP contribution in [0.5, 0.6) is 11.5 Å². The molecule has 204 valence electrons. The maximum Gasteiger partial charge on any atom is 0.234 e. The second kappa shape index (κ2) is 8.57. The van der Waals surface area contributed by atoms with Gasteiger partial charge < -0.3 is 9.84 Å². The fourth-order valence-corrected chi connectivity index (χ4v) is 7.43. The lowest BCUT2D eigenvalue weighted by molar-refractivity contribution is -0.147.